The fourth-order valence-corrected chi connectivity index (χ4v) is 2.11. The molecule has 2 aromatic carbocycles. The number of phenols is 1. The van der Waals surface area contributed by atoms with E-state index in [0.717, 1.165) is 11.3 Å². The van der Waals surface area contributed by atoms with E-state index in [0.29, 0.717) is 18.7 Å². The molecule has 0 aliphatic heterocycles. The summed E-state index contributed by atoms with van der Waals surface area (Å²) in [7, 11) is 3.30. The van der Waals surface area contributed by atoms with Gasteiger partial charge in [-0.15, -0.1) is 0 Å². The summed E-state index contributed by atoms with van der Waals surface area (Å²) < 4.78 is 5.12. The Kier molecular flexibility index (Phi) is 5.38. The number of phenolic OH excluding ortho intramolecular Hbond substituents is 1. The Morgan fingerprint density at radius 1 is 1.14 bits per heavy atom. The molecule has 0 saturated carbocycles. The van der Waals surface area contributed by atoms with Gasteiger partial charge < -0.3 is 20.1 Å². The topological polar surface area (TPSA) is 61.8 Å². The molecule has 116 valence electrons. The molecule has 2 rings (SSSR count). The minimum Gasteiger partial charge on any atom is -0.508 e. The number of para-hydroxylation sites is 2. The first-order chi connectivity index (χ1) is 10.6. The molecule has 0 spiro atoms. The third-order valence-corrected chi connectivity index (χ3v) is 3.30. The van der Waals surface area contributed by atoms with Crippen LogP contribution in [0.1, 0.15) is 11.1 Å². The number of benzene rings is 2. The normalized spacial score (nSPS) is 10.3. The minimum absolute atomic E-state index is 0.182. The Morgan fingerprint density at radius 2 is 1.77 bits per heavy atom. The molecule has 22 heavy (non-hydrogen) atoms. The summed E-state index contributed by atoms with van der Waals surface area (Å²) >= 11 is 0. The van der Waals surface area contributed by atoms with E-state index in [-0.39, 0.29) is 11.8 Å². The smallest absolute Gasteiger partial charge is 0.321 e. The van der Waals surface area contributed by atoms with Gasteiger partial charge in [0.05, 0.1) is 13.2 Å². The van der Waals surface area contributed by atoms with Gasteiger partial charge in [-0.05, 0) is 12.1 Å². The van der Waals surface area contributed by atoms with Crippen LogP contribution in [-0.4, -0.2) is 30.2 Å². The summed E-state index contributed by atoms with van der Waals surface area (Å²) in [6.45, 7) is 0.755. The molecular formula is C17H20N2O3. The third-order valence-electron chi connectivity index (χ3n) is 3.30. The van der Waals surface area contributed by atoms with Gasteiger partial charge in [-0.1, -0.05) is 36.4 Å². The lowest BCUT2D eigenvalue weighted by atomic mass is 10.2. The van der Waals surface area contributed by atoms with Crippen molar-refractivity contribution in [3.63, 3.8) is 0 Å². The van der Waals surface area contributed by atoms with Crippen molar-refractivity contribution >= 4 is 11.7 Å². The second kappa shape index (κ2) is 7.47. The van der Waals surface area contributed by atoms with Crippen molar-refractivity contribution in [3.05, 3.63) is 59.7 Å². The van der Waals surface area contributed by atoms with E-state index in [4.69, 9.17) is 4.74 Å². The highest BCUT2D eigenvalue weighted by Crippen LogP contribution is 2.19. The van der Waals surface area contributed by atoms with E-state index in [9.17, 15) is 9.90 Å². The number of amides is 2. The number of methoxy groups -OCH3 is 1. The van der Waals surface area contributed by atoms with Crippen LogP contribution in [0.2, 0.25) is 0 Å². The van der Waals surface area contributed by atoms with Crippen molar-refractivity contribution in [1.29, 1.82) is 0 Å². The van der Waals surface area contributed by atoms with Gasteiger partial charge in [0, 0.05) is 31.0 Å². The maximum absolute atomic E-state index is 12.3. The number of anilines is 1. The quantitative estimate of drug-likeness (QED) is 0.891. The molecule has 0 aliphatic carbocycles. The summed E-state index contributed by atoms with van der Waals surface area (Å²) in [5.74, 6) is 0.182. The van der Waals surface area contributed by atoms with Gasteiger partial charge >= 0.3 is 6.03 Å². The molecule has 2 aromatic rings. The van der Waals surface area contributed by atoms with Crippen LogP contribution in [0.3, 0.4) is 0 Å². The van der Waals surface area contributed by atoms with Crippen LogP contribution in [0.4, 0.5) is 10.5 Å². The monoisotopic (exact) mass is 300 g/mol. The standard InChI is InChI=1S/C17H20N2O3/c1-19(11-13-7-4-6-10-16(13)20)17(21)18-15-9-5-3-8-14(15)12-22-2/h3-10,20H,11-12H2,1-2H3,(H,18,21). The minimum atomic E-state index is -0.244. The maximum atomic E-state index is 12.3. The van der Waals surface area contributed by atoms with Gasteiger partial charge in [-0.2, -0.15) is 0 Å². The molecule has 0 aromatic heterocycles. The predicted octanol–water partition coefficient (Wildman–Crippen LogP) is 3.20. The molecule has 2 amide bonds. The van der Waals surface area contributed by atoms with Crippen molar-refractivity contribution in [1.82, 2.24) is 4.90 Å². The van der Waals surface area contributed by atoms with Gasteiger partial charge in [0.2, 0.25) is 0 Å². The molecule has 0 heterocycles. The second-order valence-corrected chi connectivity index (χ2v) is 5.01. The first-order valence-corrected chi connectivity index (χ1v) is 6.97. The number of urea groups is 1. The Morgan fingerprint density at radius 3 is 2.45 bits per heavy atom. The Bertz CT molecular complexity index is 643. The Balaban J connectivity index is 2.04. The van der Waals surface area contributed by atoms with Gasteiger partial charge in [-0.3, -0.25) is 0 Å². The van der Waals surface area contributed by atoms with Gasteiger partial charge in [0.25, 0.3) is 0 Å². The van der Waals surface area contributed by atoms with Crippen molar-refractivity contribution in [2.24, 2.45) is 0 Å². The lowest BCUT2D eigenvalue weighted by Gasteiger charge is -2.19. The van der Waals surface area contributed by atoms with Crippen LogP contribution >= 0.6 is 0 Å². The highest BCUT2D eigenvalue weighted by atomic mass is 16.5. The molecular weight excluding hydrogens is 280 g/mol. The lowest BCUT2D eigenvalue weighted by molar-refractivity contribution is 0.185. The number of rotatable bonds is 5. The molecule has 0 atom stereocenters. The number of hydrogen-bond donors (Lipinski definition) is 2. The van der Waals surface area contributed by atoms with Crippen molar-refractivity contribution in [2.45, 2.75) is 13.2 Å². The molecule has 2 N–H and O–H groups in total. The van der Waals surface area contributed by atoms with Crippen molar-refractivity contribution < 1.29 is 14.6 Å². The molecule has 0 unspecified atom stereocenters. The average Bonchev–Trinajstić information content (AvgIpc) is 2.51. The summed E-state index contributed by atoms with van der Waals surface area (Å²) in [4.78, 5) is 13.8. The number of ether oxygens (including phenoxy) is 1. The van der Waals surface area contributed by atoms with E-state index >= 15 is 0 Å². The highest BCUT2D eigenvalue weighted by Gasteiger charge is 2.12. The molecule has 0 saturated heterocycles. The van der Waals surface area contributed by atoms with E-state index in [2.05, 4.69) is 5.32 Å². The predicted molar refractivity (Wildman–Crippen MR) is 85.7 cm³/mol. The zero-order valence-corrected chi connectivity index (χ0v) is 12.7. The van der Waals surface area contributed by atoms with E-state index < -0.39 is 0 Å². The molecule has 0 aliphatic rings. The average molecular weight is 300 g/mol. The largest absolute Gasteiger partial charge is 0.508 e. The Labute approximate surface area is 130 Å². The summed E-state index contributed by atoms with van der Waals surface area (Å²) in [5, 5.41) is 12.6. The molecule has 0 radical (unpaired) electrons. The van der Waals surface area contributed by atoms with Crippen LogP contribution in [0.5, 0.6) is 5.75 Å². The number of aromatic hydroxyl groups is 1. The van der Waals surface area contributed by atoms with E-state index in [1.807, 2.05) is 30.3 Å². The highest BCUT2D eigenvalue weighted by molar-refractivity contribution is 5.90. The molecule has 0 bridgehead atoms. The molecule has 5 heteroatoms. The number of nitrogens with zero attached hydrogens (tertiary/aromatic N) is 1. The van der Waals surface area contributed by atoms with Gasteiger partial charge in [0.15, 0.2) is 0 Å². The first kappa shape index (κ1) is 15.9. The SMILES string of the molecule is COCc1ccccc1NC(=O)N(C)Cc1ccccc1O. The summed E-state index contributed by atoms with van der Waals surface area (Å²) in [6.07, 6.45) is 0. The maximum Gasteiger partial charge on any atom is 0.321 e. The summed E-state index contributed by atoms with van der Waals surface area (Å²) in [5.41, 5.74) is 2.33. The number of nitrogens with one attached hydrogen (secondary N) is 1. The second-order valence-electron chi connectivity index (χ2n) is 5.01. The molecule has 0 fully saturated rings. The first-order valence-electron chi connectivity index (χ1n) is 6.97. The molecule has 5 nitrogen and oxygen atoms in total. The van der Waals surface area contributed by atoms with Crippen LogP contribution < -0.4 is 5.32 Å². The fraction of sp³-hybridized carbons (Fsp3) is 0.235. The van der Waals surface area contributed by atoms with Gasteiger partial charge in [-0.25, -0.2) is 4.79 Å². The van der Waals surface area contributed by atoms with Crippen LogP contribution in [0, 0.1) is 0 Å². The zero-order chi connectivity index (χ0) is 15.9. The van der Waals surface area contributed by atoms with Crippen LogP contribution in [0.15, 0.2) is 48.5 Å². The van der Waals surface area contributed by atoms with Crippen LogP contribution in [-0.2, 0) is 17.9 Å². The number of carbonyl (C=O) groups is 1. The van der Waals surface area contributed by atoms with Crippen molar-refractivity contribution in [3.8, 4) is 5.75 Å². The zero-order valence-electron chi connectivity index (χ0n) is 12.7. The third kappa shape index (κ3) is 3.99. The number of carbonyl (C=O) groups excluding carboxylic acids is 1. The van der Waals surface area contributed by atoms with Crippen LogP contribution in [0.25, 0.3) is 0 Å². The number of hydrogen-bond acceptors (Lipinski definition) is 3. The van der Waals surface area contributed by atoms with E-state index in [1.54, 1.807) is 32.4 Å². The Hall–Kier alpha value is -2.53. The van der Waals surface area contributed by atoms with Crippen molar-refractivity contribution in [2.75, 3.05) is 19.5 Å². The lowest BCUT2D eigenvalue weighted by Crippen LogP contribution is -2.31. The summed E-state index contributed by atoms with van der Waals surface area (Å²) in [6, 6.07) is 14.2. The van der Waals surface area contributed by atoms with E-state index in [1.165, 1.54) is 4.90 Å². The fourth-order valence-electron chi connectivity index (χ4n) is 2.11. The van der Waals surface area contributed by atoms with Gasteiger partial charge in [0.1, 0.15) is 5.75 Å².